The number of fused-ring (bicyclic) bond motifs is 1. The summed E-state index contributed by atoms with van der Waals surface area (Å²) in [5, 5.41) is 2.75. The zero-order valence-electron chi connectivity index (χ0n) is 12.1. The maximum absolute atomic E-state index is 12.3. The third-order valence-corrected chi connectivity index (χ3v) is 4.41. The molecule has 5 heteroatoms. The minimum absolute atomic E-state index is 0.393. The van der Waals surface area contributed by atoms with Gasteiger partial charge in [0, 0.05) is 22.2 Å². The first kappa shape index (κ1) is 14.9. The fraction of sp³-hybridized carbons (Fsp3) is 0.118. The van der Waals surface area contributed by atoms with Crippen LogP contribution in [0.3, 0.4) is 0 Å². The smallest absolute Gasteiger partial charge is 0.355 e. The molecule has 3 nitrogen and oxygen atoms in total. The largest absolute Gasteiger partial charge is 0.464 e. The van der Waals surface area contributed by atoms with Crippen LogP contribution in [0.15, 0.2) is 42.5 Å². The lowest BCUT2D eigenvalue weighted by atomic mass is 10.1. The number of halogens is 2. The van der Waals surface area contributed by atoms with E-state index in [0.717, 1.165) is 22.2 Å². The second-order valence-corrected chi connectivity index (χ2v) is 5.72. The van der Waals surface area contributed by atoms with Crippen LogP contribution < -0.4 is 0 Å². The topological polar surface area (TPSA) is 31.2 Å². The molecule has 0 amide bonds. The first-order valence-electron chi connectivity index (χ1n) is 6.68. The van der Waals surface area contributed by atoms with Gasteiger partial charge < -0.3 is 9.30 Å². The summed E-state index contributed by atoms with van der Waals surface area (Å²) < 4.78 is 6.80. The quantitative estimate of drug-likeness (QED) is 0.615. The molecule has 0 aliphatic carbocycles. The van der Waals surface area contributed by atoms with Gasteiger partial charge in [-0.3, -0.25) is 0 Å². The van der Waals surface area contributed by atoms with Crippen molar-refractivity contribution in [2.45, 2.75) is 6.92 Å². The number of aryl methyl sites for hydroxylation is 1. The van der Waals surface area contributed by atoms with Gasteiger partial charge in [0.2, 0.25) is 0 Å². The number of aromatic nitrogens is 1. The highest BCUT2D eigenvalue weighted by molar-refractivity contribution is 6.42. The molecule has 0 saturated heterocycles. The van der Waals surface area contributed by atoms with Crippen LogP contribution in [-0.4, -0.2) is 17.6 Å². The average molecular weight is 334 g/mol. The van der Waals surface area contributed by atoms with Crippen LogP contribution in [-0.2, 0) is 4.74 Å². The van der Waals surface area contributed by atoms with E-state index in [1.807, 2.05) is 41.8 Å². The summed E-state index contributed by atoms with van der Waals surface area (Å²) in [5.41, 5.74) is 2.19. The van der Waals surface area contributed by atoms with Crippen molar-refractivity contribution >= 4 is 39.9 Å². The summed E-state index contributed by atoms with van der Waals surface area (Å²) in [5.74, 6) is -0.393. The van der Waals surface area contributed by atoms with Gasteiger partial charge in [0.05, 0.1) is 17.2 Å². The van der Waals surface area contributed by atoms with E-state index in [1.54, 1.807) is 12.1 Å². The van der Waals surface area contributed by atoms with Crippen molar-refractivity contribution in [2.75, 3.05) is 7.11 Å². The van der Waals surface area contributed by atoms with Crippen molar-refractivity contribution < 1.29 is 9.53 Å². The fourth-order valence-electron chi connectivity index (χ4n) is 2.66. The summed E-state index contributed by atoms with van der Waals surface area (Å²) in [7, 11) is 1.37. The summed E-state index contributed by atoms with van der Waals surface area (Å²) >= 11 is 12.1. The molecule has 3 rings (SSSR count). The summed E-state index contributed by atoms with van der Waals surface area (Å²) in [4.78, 5) is 12.3. The minimum Gasteiger partial charge on any atom is -0.464 e. The molecule has 0 spiro atoms. The number of rotatable bonds is 2. The van der Waals surface area contributed by atoms with Gasteiger partial charge in [-0.2, -0.15) is 0 Å². The van der Waals surface area contributed by atoms with Gasteiger partial charge in [-0.05, 0) is 25.1 Å². The number of nitrogens with zero attached hydrogens (tertiary/aromatic N) is 1. The lowest BCUT2D eigenvalue weighted by molar-refractivity contribution is 0.0593. The molecule has 112 valence electrons. The first-order chi connectivity index (χ1) is 10.5. The fourth-order valence-corrected chi connectivity index (χ4v) is 2.95. The number of ether oxygens (including phenoxy) is 1. The van der Waals surface area contributed by atoms with Crippen molar-refractivity contribution in [1.82, 2.24) is 4.57 Å². The van der Waals surface area contributed by atoms with E-state index in [9.17, 15) is 4.79 Å². The molecule has 0 N–H and O–H groups in total. The lowest BCUT2D eigenvalue weighted by Crippen LogP contribution is -2.10. The third-order valence-electron chi connectivity index (χ3n) is 3.67. The monoisotopic (exact) mass is 333 g/mol. The molecule has 22 heavy (non-hydrogen) atoms. The second kappa shape index (κ2) is 5.67. The van der Waals surface area contributed by atoms with E-state index in [-0.39, 0.29) is 0 Å². The van der Waals surface area contributed by atoms with Crippen molar-refractivity contribution in [3.05, 3.63) is 63.9 Å². The van der Waals surface area contributed by atoms with E-state index in [2.05, 4.69) is 0 Å². The van der Waals surface area contributed by atoms with Crippen molar-refractivity contribution in [1.29, 1.82) is 0 Å². The Labute approximate surface area is 138 Å². The van der Waals surface area contributed by atoms with E-state index in [4.69, 9.17) is 27.9 Å². The number of carbonyl (C=O) groups is 1. The minimum atomic E-state index is -0.393. The zero-order chi connectivity index (χ0) is 15.9. The molecule has 1 heterocycles. The van der Waals surface area contributed by atoms with Gasteiger partial charge in [0.15, 0.2) is 0 Å². The Kier molecular flexibility index (Phi) is 3.85. The molecular weight excluding hydrogens is 321 g/mol. The number of esters is 1. The van der Waals surface area contributed by atoms with Crippen LogP contribution in [0.25, 0.3) is 16.5 Å². The predicted molar refractivity (Wildman–Crippen MR) is 89.4 cm³/mol. The van der Waals surface area contributed by atoms with Gasteiger partial charge in [0.1, 0.15) is 5.69 Å². The molecule has 3 aromatic rings. The summed E-state index contributed by atoms with van der Waals surface area (Å²) in [6.07, 6.45) is 0. The van der Waals surface area contributed by atoms with Gasteiger partial charge in [-0.15, -0.1) is 0 Å². The number of hydrogen-bond acceptors (Lipinski definition) is 2. The molecular formula is C17H13Cl2NO2. The van der Waals surface area contributed by atoms with Crippen molar-refractivity contribution in [2.24, 2.45) is 0 Å². The molecule has 0 aliphatic rings. The van der Waals surface area contributed by atoms with Gasteiger partial charge in [-0.25, -0.2) is 4.79 Å². The second-order valence-electron chi connectivity index (χ2n) is 4.91. The summed E-state index contributed by atoms with van der Waals surface area (Å²) in [6, 6.07) is 13.0. The Morgan fingerprint density at radius 3 is 2.36 bits per heavy atom. The Bertz CT molecular complexity index is 884. The molecule has 0 radical (unpaired) electrons. The van der Waals surface area contributed by atoms with Crippen LogP contribution in [0.2, 0.25) is 10.0 Å². The SMILES string of the molecule is COC(=O)c1c2ccccc2c(C)n1-c1ccc(Cl)c(Cl)c1. The normalized spacial score (nSPS) is 10.9. The standard InChI is InChI=1S/C17H13Cl2NO2/c1-10-12-5-3-4-6-13(12)16(17(21)22-2)20(10)11-7-8-14(18)15(19)9-11/h3-9H,1-2H3. The van der Waals surface area contributed by atoms with E-state index in [0.29, 0.717) is 15.7 Å². The van der Waals surface area contributed by atoms with Crippen molar-refractivity contribution in [3.8, 4) is 5.69 Å². The first-order valence-corrected chi connectivity index (χ1v) is 7.44. The van der Waals surface area contributed by atoms with E-state index >= 15 is 0 Å². The lowest BCUT2D eigenvalue weighted by Gasteiger charge is -2.11. The molecule has 0 bridgehead atoms. The van der Waals surface area contributed by atoms with Crippen LogP contribution in [0, 0.1) is 6.92 Å². The maximum atomic E-state index is 12.3. The van der Waals surface area contributed by atoms with Gasteiger partial charge in [-0.1, -0.05) is 47.5 Å². The van der Waals surface area contributed by atoms with Gasteiger partial charge in [0.25, 0.3) is 0 Å². The zero-order valence-corrected chi connectivity index (χ0v) is 13.6. The Morgan fingerprint density at radius 2 is 1.73 bits per heavy atom. The maximum Gasteiger partial charge on any atom is 0.355 e. The Morgan fingerprint density at radius 1 is 1.05 bits per heavy atom. The van der Waals surface area contributed by atoms with Crippen LogP contribution in [0.1, 0.15) is 16.2 Å². The third kappa shape index (κ3) is 2.27. The molecule has 2 aromatic carbocycles. The predicted octanol–water partition coefficient (Wildman–Crippen LogP) is 5.03. The van der Waals surface area contributed by atoms with E-state index in [1.165, 1.54) is 7.11 Å². The number of methoxy groups -OCH3 is 1. The average Bonchev–Trinajstić information content (AvgIpc) is 2.83. The highest BCUT2D eigenvalue weighted by Crippen LogP contribution is 2.32. The van der Waals surface area contributed by atoms with Crippen LogP contribution in [0.4, 0.5) is 0 Å². The highest BCUT2D eigenvalue weighted by atomic mass is 35.5. The van der Waals surface area contributed by atoms with Crippen LogP contribution in [0.5, 0.6) is 0 Å². The highest BCUT2D eigenvalue weighted by Gasteiger charge is 2.21. The number of hydrogen-bond donors (Lipinski definition) is 0. The Hall–Kier alpha value is -1.97. The van der Waals surface area contributed by atoms with Crippen LogP contribution >= 0.6 is 23.2 Å². The van der Waals surface area contributed by atoms with E-state index < -0.39 is 5.97 Å². The molecule has 0 aliphatic heterocycles. The molecule has 0 saturated carbocycles. The van der Waals surface area contributed by atoms with Gasteiger partial charge >= 0.3 is 5.97 Å². The Balaban J connectivity index is 2.39. The molecule has 0 fully saturated rings. The molecule has 1 aromatic heterocycles. The molecule has 0 unspecified atom stereocenters. The molecule has 0 atom stereocenters. The number of carbonyl (C=O) groups excluding carboxylic acids is 1. The number of benzene rings is 2. The van der Waals surface area contributed by atoms with Crippen molar-refractivity contribution in [3.63, 3.8) is 0 Å². The summed E-state index contributed by atoms with van der Waals surface area (Å²) in [6.45, 7) is 1.96.